The van der Waals surface area contributed by atoms with Gasteiger partial charge in [0, 0.05) is 11.8 Å². The Morgan fingerprint density at radius 1 is 0.912 bits per heavy atom. The predicted octanol–water partition coefficient (Wildman–Crippen LogP) is 4.83. The van der Waals surface area contributed by atoms with Gasteiger partial charge in [0.25, 0.3) is 11.8 Å². The number of hydrogen-bond acceptors (Lipinski definition) is 6. The molecule has 2 aliphatic rings. The Morgan fingerprint density at radius 2 is 1.71 bits per heavy atom. The van der Waals surface area contributed by atoms with Crippen LogP contribution in [0.5, 0.6) is 17.2 Å². The zero-order chi connectivity index (χ0) is 23.8. The number of para-hydroxylation sites is 2. The molecule has 0 atom stereocenters. The number of fused-ring (bicyclic) bond motifs is 1. The third-order valence-corrected chi connectivity index (χ3v) is 5.93. The van der Waals surface area contributed by atoms with E-state index in [0.29, 0.717) is 46.4 Å². The first-order chi connectivity index (χ1) is 16.5. The van der Waals surface area contributed by atoms with Gasteiger partial charge in [-0.1, -0.05) is 30.3 Å². The van der Waals surface area contributed by atoms with Crippen LogP contribution >= 0.6 is 0 Å². The van der Waals surface area contributed by atoms with Crippen molar-refractivity contribution in [1.29, 1.82) is 0 Å². The van der Waals surface area contributed by atoms with Crippen molar-refractivity contribution >= 4 is 28.8 Å². The molecule has 5 rings (SSSR count). The lowest BCUT2D eigenvalue weighted by Gasteiger charge is -2.19. The van der Waals surface area contributed by atoms with Crippen molar-refractivity contribution in [3.8, 4) is 17.2 Å². The number of ether oxygens (including phenoxy) is 3. The van der Waals surface area contributed by atoms with Gasteiger partial charge < -0.3 is 19.5 Å². The third-order valence-electron chi connectivity index (χ3n) is 5.93. The minimum Gasteiger partial charge on any atom is -0.492 e. The fourth-order valence-electron chi connectivity index (χ4n) is 4.07. The molecule has 172 valence electrons. The van der Waals surface area contributed by atoms with Crippen molar-refractivity contribution in [1.82, 2.24) is 0 Å². The summed E-state index contributed by atoms with van der Waals surface area (Å²) in [4.78, 5) is 28.7. The van der Waals surface area contributed by atoms with Crippen LogP contribution in [-0.2, 0) is 9.59 Å². The van der Waals surface area contributed by atoms with Crippen molar-refractivity contribution in [3.63, 3.8) is 0 Å². The summed E-state index contributed by atoms with van der Waals surface area (Å²) in [6, 6.07) is 18.1. The van der Waals surface area contributed by atoms with Gasteiger partial charge in [0.1, 0.15) is 11.4 Å². The Labute approximate surface area is 197 Å². The lowest BCUT2D eigenvalue weighted by Crippen LogP contribution is -2.32. The van der Waals surface area contributed by atoms with Crippen LogP contribution in [0.15, 0.2) is 66.4 Å². The highest BCUT2D eigenvalue weighted by atomic mass is 16.7. The summed E-state index contributed by atoms with van der Waals surface area (Å²) in [7, 11) is 0. The molecule has 0 aliphatic carbocycles. The number of aryl methyl sites for hydroxylation is 2. The number of amides is 2. The first-order valence-electron chi connectivity index (χ1n) is 11.1. The summed E-state index contributed by atoms with van der Waals surface area (Å²) in [5, 5.41) is 3.18. The first-order valence-corrected chi connectivity index (χ1v) is 11.1. The number of hydrogen-bond donors (Lipinski definition) is 1. The highest BCUT2D eigenvalue weighted by Gasteiger charge is 2.41. The Balaban J connectivity index is 1.62. The molecule has 3 aromatic rings. The van der Waals surface area contributed by atoms with Crippen LogP contribution in [0.3, 0.4) is 0 Å². The molecular formula is C27H24N2O5. The van der Waals surface area contributed by atoms with Gasteiger partial charge in [-0.3, -0.25) is 9.59 Å². The fourth-order valence-corrected chi connectivity index (χ4v) is 4.07. The lowest BCUT2D eigenvalue weighted by molar-refractivity contribution is -0.120. The van der Waals surface area contributed by atoms with Crippen LogP contribution in [0.1, 0.15) is 23.6 Å². The van der Waals surface area contributed by atoms with E-state index < -0.39 is 11.8 Å². The maximum absolute atomic E-state index is 13.8. The molecule has 2 aliphatic heterocycles. The molecule has 7 heteroatoms. The quantitative estimate of drug-likeness (QED) is 0.536. The summed E-state index contributed by atoms with van der Waals surface area (Å²) < 4.78 is 16.6. The Morgan fingerprint density at radius 3 is 2.50 bits per heavy atom. The number of nitrogens with one attached hydrogen (secondary N) is 1. The zero-order valence-electron chi connectivity index (χ0n) is 19.2. The van der Waals surface area contributed by atoms with Gasteiger partial charge in [-0.05, 0) is 61.7 Å². The van der Waals surface area contributed by atoms with Crippen LogP contribution in [0.2, 0.25) is 0 Å². The van der Waals surface area contributed by atoms with Crippen LogP contribution in [0.4, 0.5) is 11.4 Å². The van der Waals surface area contributed by atoms with Gasteiger partial charge in [-0.25, -0.2) is 4.90 Å². The van der Waals surface area contributed by atoms with Crippen LogP contribution in [0, 0.1) is 13.8 Å². The summed E-state index contributed by atoms with van der Waals surface area (Å²) in [5.41, 5.74) is 4.31. The van der Waals surface area contributed by atoms with E-state index in [-0.39, 0.29) is 12.5 Å². The molecule has 1 N–H and O–H groups in total. The van der Waals surface area contributed by atoms with E-state index >= 15 is 0 Å². The van der Waals surface area contributed by atoms with Crippen LogP contribution < -0.4 is 24.4 Å². The van der Waals surface area contributed by atoms with Gasteiger partial charge in [0.05, 0.1) is 17.9 Å². The monoisotopic (exact) mass is 456 g/mol. The fraction of sp³-hybridized carbons (Fsp3) is 0.185. The largest absolute Gasteiger partial charge is 0.492 e. The molecule has 0 saturated carbocycles. The highest BCUT2D eigenvalue weighted by molar-refractivity contribution is 6.46. The molecule has 2 amide bonds. The van der Waals surface area contributed by atoms with Gasteiger partial charge in [-0.2, -0.15) is 0 Å². The average molecular weight is 456 g/mol. The topological polar surface area (TPSA) is 77.1 Å². The minimum absolute atomic E-state index is 0.148. The van der Waals surface area contributed by atoms with E-state index in [4.69, 9.17) is 14.2 Å². The van der Waals surface area contributed by atoms with Crippen molar-refractivity contribution in [2.24, 2.45) is 0 Å². The first kappa shape index (κ1) is 21.6. The van der Waals surface area contributed by atoms with E-state index in [1.165, 1.54) is 4.90 Å². The van der Waals surface area contributed by atoms with Crippen molar-refractivity contribution in [2.45, 2.75) is 20.8 Å². The number of carbonyl (C=O) groups is 2. The van der Waals surface area contributed by atoms with E-state index in [1.807, 2.05) is 45.0 Å². The molecule has 7 nitrogen and oxygen atoms in total. The summed E-state index contributed by atoms with van der Waals surface area (Å²) >= 11 is 0. The van der Waals surface area contributed by atoms with Gasteiger partial charge in [0.15, 0.2) is 11.5 Å². The number of imide groups is 1. The second-order valence-electron chi connectivity index (χ2n) is 8.09. The normalized spacial score (nSPS) is 14.7. The van der Waals surface area contributed by atoms with E-state index in [2.05, 4.69) is 5.32 Å². The second kappa shape index (κ2) is 8.59. The standard InChI is InChI=1S/C27H24N2O5/c1-4-32-21-8-6-5-7-20(21)29-26(30)24(18-10-9-16(2)17(3)13-18)25(27(29)31)28-19-11-12-22-23(14-19)34-15-33-22/h5-14,28H,4,15H2,1-3H3. The SMILES string of the molecule is CCOc1ccccc1N1C(=O)C(Nc2ccc3c(c2)OCO3)=C(c2ccc(C)c(C)c2)C1=O. The number of nitrogens with zero attached hydrogens (tertiary/aromatic N) is 1. The van der Waals surface area contributed by atoms with Crippen molar-refractivity contribution < 1.29 is 23.8 Å². The van der Waals surface area contributed by atoms with Crippen LogP contribution in [-0.4, -0.2) is 25.2 Å². The van der Waals surface area contributed by atoms with E-state index in [9.17, 15) is 9.59 Å². The van der Waals surface area contributed by atoms with Crippen molar-refractivity contribution in [3.05, 3.63) is 83.1 Å². The molecule has 0 radical (unpaired) electrons. The Hall–Kier alpha value is -4.26. The number of anilines is 2. The number of rotatable bonds is 6. The van der Waals surface area contributed by atoms with E-state index in [0.717, 1.165) is 11.1 Å². The minimum atomic E-state index is -0.456. The maximum atomic E-state index is 13.8. The molecule has 0 bridgehead atoms. The second-order valence-corrected chi connectivity index (χ2v) is 8.09. The average Bonchev–Trinajstić information content (AvgIpc) is 3.39. The maximum Gasteiger partial charge on any atom is 0.282 e. The molecule has 2 heterocycles. The molecule has 3 aromatic carbocycles. The van der Waals surface area contributed by atoms with Gasteiger partial charge in [-0.15, -0.1) is 0 Å². The lowest BCUT2D eigenvalue weighted by atomic mass is 9.99. The highest BCUT2D eigenvalue weighted by Crippen LogP contribution is 2.40. The van der Waals surface area contributed by atoms with E-state index in [1.54, 1.807) is 36.4 Å². The molecule has 0 aromatic heterocycles. The summed E-state index contributed by atoms with van der Waals surface area (Å²) in [6.45, 7) is 6.40. The smallest absolute Gasteiger partial charge is 0.282 e. The summed E-state index contributed by atoms with van der Waals surface area (Å²) in [6.07, 6.45) is 0. The molecule has 34 heavy (non-hydrogen) atoms. The summed E-state index contributed by atoms with van der Waals surface area (Å²) in [5.74, 6) is 0.811. The zero-order valence-corrected chi connectivity index (χ0v) is 19.2. The Kier molecular flexibility index (Phi) is 5.45. The molecule has 0 unspecified atom stereocenters. The Bertz CT molecular complexity index is 1340. The molecule has 0 spiro atoms. The van der Waals surface area contributed by atoms with Gasteiger partial charge in [0.2, 0.25) is 6.79 Å². The molecular weight excluding hydrogens is 432 g/mol. The third kappa shape index (κ3) is 3.65. The number of benzene rings is 3. The van der Waals surface area contributed by atoms with Gasteiger partial charge >= 0.3 is 0 Å². The van der Waals surface area contributed by atoms with Crippen LogP contribution in [0.25, 0.3) is 5.57 Å². The molecule has 0 saturated heterocycles. The molecule has 0 fully saturated rings. The predicted molar refractivity (Wildman–Crippen MR) is 129 cm³/mol. The van der Waals surface area contributed by atoms with Crippen molar-refractivity contribution in [2.75, 3.05) is 23.6 Å². The number of carbonyl (C=O) groups excluding carboxylic acids is 2.